The quantitative estimate of drug-likeness (QED) is 0.240. The Morgan fingerprint density at radius 1 is 1.17 bits per heavy atom. The number of nitrogens with one attached hydrogen (secondary N) is 1. The van der Waals surface area contributed by atoms with Crippen molar-refractivity contribution in [2.24, 2.45) is 0 Å². The molecule has 0 saturated heterocycles. The Balaban J connectivity index is 1.60. The van der Waals surface area contributed by atoms with Gasteiger partial charge in [-0.25, -0.2) is 4.79 Å². The maximum atomic E-state index is 12.4. The van der Waals surface area contributed by atoms with Crippen molar-refractivity contribution in [2.75, 3.05) is 32.2 Å². The van der Waals surface area contributed by atoms with Crippen LogP contribution in [0.25, 0.3) is 6.08 Å². The first-order valence-corrected chi connectivity index (χ1v) is 10.1. The molecule has 0 saturated carbocycles. The molecule has 1 aliphatic heterocycles. The smallest absolute Gasteiger partial charge is 0.387 e. The van der Waals surface area contributed by atoms with Gasteiger partial charge in [0.15, 0.2) is 29.6 Å². The third-order valence-corrected chi connectivity index (χ3v) is 4.50. The largest absolute Gasteiger partial charge is 0.493 e. The molecule has 1 heterocycles. The van der Waals surface area contributed by atoms with Crippen LogP contribution in [0.5, 0.6) is 23.0 Å². The van der Waals surface area contributed by atoms with Crippen molar-refractivity contribution in [3.05, 3.63) is 52.1 Å². The van der Waals surface area contributed by atoms with E-state index in [1.165, 1.54) is 37.5 Å². The first-order chi connectivity index (χ1) is 16.8. The number of benzene rings is 2. The Kier molecular flexibility index (Phi) is 8.38. The number of methoxy groups -OCH3 is 1. The summed E-state index contributed by atoms with van der Waals surface area (Å²) in [4.78, 5) is 34.9. The fourth-order valence-corrected chi connectivity index (χ4v) is 2.97. The van der Waals surface area contributed by atoms with Crippen LogP contribution in [0.1, 0.15) is 12.0 Å². The van der Waals surface area contributed by atoms with Gasteiger partial charge in [0.1, 0.15) is 5.69 Å². The highest BCUT2D eigenvalue weighted by atomic mass is 19.3. The standard InChI is InChI=1S/C22H20F2N2O9/c1-31-17-9-13(3-5-16(17)35-22(23)24)4-6-21(28)34-12-20(27)25-14-10-18-19(11-15(14)26(29)30)33-8-2-7-32-18/h3-6,9-11,22H,2,7-8,12H2,1H3,(H,25,27)/b6-4+. The minimum Gasteiger partial charge on any atom is -0.493 e. The number of nitrogens with zero attached hydrogens (tertiary/aromatic N) is 1. The Morgan fingerprint density at radius 3 is 2.54 bits per heavy atom. The van der Waals surface area contributed by atoms with Gasteiger partial charge in [-0.3, -0.25) is 14.9 Å². The summed E-state index contributed by atoms with van der Waals surface area (Å²) in [7, 11) is 1.27. The predicted octanol–water partition coefficient (Wildman–Crippen LogP) is 3.56. The van der Waals surface area contributed by atoms with Gasteiger partial charge in [0.05, 0.1) is 31.3 Å². The Hall–Kier alpha value is -4.42. The summed E-state index contributed by atoms with van der Waals surface area (Å²) in [6, 6.07) is 6.42. The first-order valence-electron chi connectivity index (χ1n) is 10.1. The van der Waals surface area contributed by atoms with Gasteiger partial charge in [-0.15, -0.1) is 0 Å². The number of nitro groups is 1. The molecule has 0 unspecified atom stereocenters. The molecular formula is C22H20F2N2O9. The number of rotatable bonds is 9. The van der Waals surface area contributed by atoms with Gasteiger partial charge in [0.2, 0.25) is 0 Å². The predicted molar refractivity (Wildman–Crippen MR) is 117 cm³/mol. The van der Waals surface area contributed by atoms with E-state index in [0.29, 0.717) is 25.2 Å². The molecule has 186 valence electrons. The van der Waals surface area contributed by atoms with Crippen LogP contribution < -0.4 is 24.3 Å². The first kappa shape index (κ1) is 25.2. The van der Waals surface area contributed by atoms with Crippen LogP contribution in [-0.2, 0) is 14.3 Å². The monoisotopic (exact) mass is 494 g/mol. The number of amides is 1. The van der Waals surface area contributed by atoms with E-state index in [0.717, 1.165) is 12.1 Å². The summed E-state index contributed by atoms with van der Waals surface area (Å²) in [6.45, 7) is -3.07. The van der Waals surface area contributed by atoms with Gasteiger partial charge < -0.3 is 29.0 Å². The molecule has 2 aromatic carbocycles. The van der Waals surface area contributed by atoms with E-state index in [1.807, 2.05) is 0 Å². The number of carbonyl (C=O) groups is 2. The van der Waals surface area contributed by atoms with E-state index in [4.69, 9.17) is 18.9 Å². The maximum absolute atomic E-state index is 12.4. The van der Waals surface area contributed by atoms with Crippen LogP contribution in [0.2, 0.25) is 0 Å². The van der Waals surface area contributed by atoms with Crippen molar-refractivity contribution in [3.63, 3.8) is 0 Å². The molecule has 1 aliphatic rings. The van der Waals surface area contributed by atoms with E-state index in [-0.39, 0.29) is 28.7 Å². The van der Waals surface area contributed by atoms with Crippen molar-refractivity contribution >= 4 is 29.3 Å². The van der Waals surface area contributed by atoms with Crippen LogP contribution >= 0.6 is 0 Å². The molecule has 11 nitrogen and oxygen atoms in total. The molecule has 13 heteroatoms. The van der Waals surface area contributed by atoms with Gasteiger partial charge in [0, 0.05) is 18.6 Å². The molecule has 0 aliphatic carbocycles. The number of ether oxygens (including phenoxy) is 5. The minimum atomic E-state index is -3.03. The lowest BCUT2D eigenvalue weighted by Gasteiger charge is -2.11. The maximum Gasteiger partial charge on any atom is 0.387 e. The zero-order valence-corrected chi connectivity index (χ0v) is 18.3. The zero-order chi connectivity index (χ0) is 25.4. The summed E-state index contributed by atoms with van der Waals surface area (Å²) in [5, 5.41) is 13.7. The van der Waals surface area contributed by atoms with Gasteiger partial charge in [-0.2, -0.15) is 8.78 Å². The lowest BCUT2D eigenvalue weighted by molar-refractivity contribution is -0.384. The minimum absolute atomic E-state index is 0.0249. The summed E-state index contributed by atoms with van der Waals surface area (Å²) in [6.07, 6.45) is 2.91. The van der Waals surface area contributed by atoms with Crippen molar-refractivity contribution in [2.45, 2.75) is 13.0 Å². The van der Waals surface area contributed by atoms with E-state index >= 15 is 0 Å². The number of halogens is 2. The molecule has 0 spiro atoms. The molecule has 0 bridgehead atoms. The molecule has 0 fully saturated rings. The van der Waals surface area contributed by atoms with Crippen molar-refractivity contribution in [1.82, 2.24) is 0 Å². The third-order valence-electron chi connectivity index (χ3n) is 4.50. The number of hydrogen-bond acceptors (Lipinski definition) is 9. The van der Waals surface area contributed by atoms with Crippen LogP contribution in [0, 0.1) is 10.1 Å². The molecule has 0 aromatic heterocycles. The highest BCUT2D eigenvalue weighted by Gasteiger charge is 2.23. The fourth-order valence-electron chi connectivity index (χ4n) is 2.97. The second-order valence-corrected chi connectivity index (χ2v) is 6.90. The SMILES string of the molecule is COc1cc(/C=C/C(=O)OCC(=O)Nc2cc3c(cc2[N+](=O)[O-])OCCCO3)ccc1OC(F)F. The number of anilines is 1. The number of carbonyl (C=O) groups excluding carboxylic acids is 2. The van der Waals surface area contributed by atoms with Crippen LogP contribution in [0.3, 0.4) is 0 Å². The second kappa shape index (κ2) is 11.6. The number of esters is 1. The Labute approximate surface area is 197 Å². The molecule has 3 rings (SSSR count). The molecule has 2 aromatic rings. The summed E-state index contributed by atoms with van der Waals surface area (Å²) < 4.78 is 49.8. The number of nitro benzene ring substituents is 1. The normalized spacial score (nSPS) is 12.7. The highest BCUT2D eigenvalue weighted by molar-refractivity contribution is 5.96. The van der Waals surface area contributed by atoms with Gasteiger partial charge in [-0.1, -0.05) is 6.07 Å². The van der Waals surface area contributed by atoms with Crippen LogP contribution in [-0.4, -0.2) is 50.3 Å². The lowest BCUT2D eigenvalue weighted by Crippen LogP contribution is -2.20. The summed E-state index contributed by atoms with van der Waals surface area (Å²) in [5.74, 6) is -1.43. The van der Waals surface area contributed by atoms with Crippen LogP contribution in [0.4, 0.5) is 20.2 Å². The van der Waals surface area contributed by atoms with Crippen LogP contribution in [0.15, 0.2) is 36.4 Å². The van der Waals surface area contributed by atoms with Crippen molar-refractivity contribution in [3.8, 4) is 23.0 Å². The number of hydrogen-bond donors (Lipinski definition) is 1. The van der Waals surface area contributed by atoms with E-state index in [9.17, 15) is 28.5 Å². The van der Waals surface area contributed by atoms with E-state index in [1.54, 1.807) is 0 Å². The summed E-state index contributed by atoms with van der Waals surface area (Å²) in [5.41, 5.74) is -0.149. The zero-order valence-electron chi connectivity index (χ0n) is 18.3. The fraction of sp³-hybridized carbons (Fsp3) is 0.273. The Morgan fingerprint density at radius 2 is 1.89 bits per heavy atom. The topological polar surface area (TPSA) is 135 Å². The summed E-state index contributed by atoms with van der Waals surface area (Å²) >= 11 is 0. The highest BCUT2D eigenvalue weighted by Crippen LogP contribution is 2.39. The van der Waals surface area contributed by atoms with Crippen molar-refractivity contribution in [1.29, 1.82) is 0 Å². The average Bonchev–Trinajstić information content (AvgIpc) is 3.06. The molecule has 1 N–H and O–H groups in total. The van der Waals surface area contributed by atoms with Gasteiger partial charge in [0.25, 0.3) is 11.6 Å². The van der Waals surface area contributed by atoms with E-state index in [2.05, 4.69) is 10.1 Å². The van der Waals surface area contributed by atoms with E-state index < -0.39 is 35.7 Å². The van der Waals surface area contributed by atoms with Gasteiger partial charge in [-0.05, 0) is 23.8 Å². The molecule has 35 heavy (non-hydrogen) atoms. The molecule has 0 radical (unpaired) electrons. The number of fused-ring (bicyclic) bond motifs is 1. The average molecular weight is 494 g/mol. The Bertz CT molecular complexity index is 1140. The van der Waals surface area contributed by atoms with Crippen molar-refractivity contribution < 1.29 is 47.0 Å². The molecule has 0 atom stereocenters. The third kappa shape index (κ3) is 7.03. The number of alkyl halides is 2. The lowest BCUT2D eigenvalue weighted by atomic mass is 10.2. The molecular weight excluding hydrogens is 474 g/mol. The van der Waals surface area contributed by atoms with Gasteiger partial charge >= 0.3 is 12.6 Å². The molecule has 1 amide bonds. The second-order valence-electron chi connectivity index (χ2n) is 6.90.